The van der Waals surface area contributed by atoms with Crippen LogP contribution in [-0.4, -0.2) is 15.9 Å². The van der Waals surface area contributed by atoms with Crippen LogP contribution in [0, 0.1) is 11.6 Å². The molecule has 2 N–H and O–H groups in total. The molecule has 138 valence electrons. The average molecular weight is 376 g/mol. The second-order valence-electron chi connectivity index (χ2n) is 6.05. The number of anilines is 3. The molecular formula is C21H14F2N4O. The normalized spacial score (nSPS) is 10.6. The number of nitrogens with one attached hydrogen (secondary N) is 2. The summed E-state index contributed by atoms with van der Waals surface area (Å²) in [5.74, 6) is -2.12. The number of aromatic nitrogens is 2. The first-order chi connectivity index (χ1) is 13.6. The van der Waals surface area contributed by atoms with Crippen molar-refractivity contribution in [3.8, 4) is 0 Å². The van der Waals surface area contributed by atoms with Crippen molar-refractivity contribution in [3.05, 3.63) is 90.4 Å². The van der Waals surface area contributed by atoms with Crippen LogP contribution >= 0.6 is 0 Å². The minimum atomic E-state index is -0.850. The number of pyridine rings is 2. The number of fused-ring (bicyclic) bond motifs is 1. The summed E-state index contributed by atoms with van der Waals surface area (Å²) in [5.41, 5.74) is 2.24. The summed E-state index contributed by atoms with van der Waals surface area (Å²) < 4.78 is 26.8. The van der Waals surface area contributed by atoms with Gasteiger partial charge in [0.2, 0.25) is 0 Å². The second kappa shape index (κ2) is 7.40. The molecular weight excluding hydrogens is 362 g/mol. The Morgan fingerprint density at radius 1 is 0.929 bits per heavy atom. The highest BCUT2D eigenvalue weighted by Gasteiger charge is 2.12. The highest BCUT2D eigenvalue weighted by molar-refractivity contribution is 6.04. The van der Waals surface area contributed by atoms with Gasteiger partial charge in [0.15, 0.2) is 0 Å². The largest absolute Gasteiger partial charge is 0.352 e. The van der Waals surface area contributed by atoms with Gasteiger partial charge in [0.1, 0.15) is 11.6 Å². The fourth-order valence-corrected chi connectivity index (χ4v) is 2.78. The second-order valence-corrected chi connectivity index (χ2v) is 6.05. The minimum Gasteiger partial charge on any atom is -0.352 e. The first-order valence-electron chi connectivity index (χ1n) is 8.42. The molecule has 0 saturated carbocycles. The van der Waals surface area contributed by atoms with Crippen LogP contribution in [0.3, 0.4) is 0 Å². The Labute approximate surface area is 159 Å². The van der Waals surface area contributed by atoms with Crippen LogP contribution in [0.4, 0.5) is 25.8 Å². The van der Waals surface area contributed by atoms with Crippen LogP contribution in [0.15, 0.2) is 73.2 Å². The molecule has 0 saturated heterocycles. The molecule has 0 atom stereocenters. The molecule has 2 aromatic heterocycles. The van der Waals surface area contributed by atoms with Crippen molar-refractivity contribution < 1.29 is 13.6 Å². The van der Waals surface area contributed by atoms with E-state index >= 15 is 0 Å². The minimum absolute atomic E-state index is 0.108. The summed E-state index contributed by atoms with van der Waals surface area (Å²) >= 11 is 0. The third-order valence-electron chi connectivity index (χ3n) is 4.09. The van der Waals surface area contributed by atoms with E-state index in [0.717, 1.165) is 22.7 Å². The van der Waals surface area contributed by atoms with Crippen molar-refractivity contribution in [3.63, 3.8) is 0 Å². The smallest absolute Gasteiger partial charge is 0.257 e. The number of benzene rings is 2. The zero-order chi connectivity index (χ0) is 19.5. The average Bonchev–Trinajstić information content (AvgIpc) is 2.70. The van der Waals surface area contributed by atoms with E-state index in [9.17, 15) is 13.6 Å². The monoisotopic (exact) mass is 376 g/mol. The molecule has 0 fully saturated rings. The van der Waals surface area contributed by atoms with Gasteiger partial charge in [-0.15, -0.1) is 0 Å². The molecule has 4 aromatic rings. The third-order valence-corrected chi connectivity index (χ3v) is 4.09. The van der Waals surface area contributed by atoms with Gasteiger partial charge >= 0.3 is 0 Å². The molecule has 0 unspecified atom stereocenters. The van der Waals surface area contributed by atoms with E-state index in [-0.39, 0.29) is 11.3 Å². The molecule has 4 rings (SSSR count). The highest BCUT2D eigenvalue weighted by Crippen LogP contribution is 2.25. The molecule has 28 heavy (non-hydrogen) atoms. The molecule has 0 bridgehead atoms. The van der Waals surface area contributed by atoms with Crippen molar-refractivity contribution >= 4 is 33.9 Å². The molecule has 0 aliphatic rings. The Kier molecular flexibility index (Phi) is 4.63. The van der Waals surface area contributed by atoms with Gasteiger partial charge in [-0.2, -0.15) is 0 Å². The summed E-state index contributed by atoms with van der Waals surface area (Å²) in [6.45, 7) is 0. The topological polar surface area (TPSA) is 66.9 Å². The molecule has 0 aliphatic carbocycles. The van der Waals surface area contributed by atoms with E-state index in [1.54, 1.807) is 18.5 Å². The quantitative estimate of drug-likeness (QED) is 0.531. The number of rotatable bonds is 4. The van der Waals surface area contributed by atoms with Gasteiger partial charge < -0.3 is 10.6 Å². The molecule has 5 nitrogen and oxygen atoms in total. The van der Waals surface area contributed by atoms with Crippen LogP contribution in [0.25, 0.3) is 10.9 Å². The zero-order valence-electron chi connectivity index (χ0n) is 14.5. The number of hydrogen-bond acceptors (Lipinski definition) is 4. The highest BCUT2D eigenvalue weighted by atomic mass is 19.1. The van der Waals surface area contributed by atoms with Crippen molar-refractivity contribution in [1.82, 2.24) is 9.97 Å². The van der Waals surface area contributed by atoms with Gasteiger partial charge in [0.25, 0.3) is 5.91 Å². The number of carbonyl (C=O) groups is 1. The molecule has 0 radical (unpaired) electrons. The molecule has 0 spiro atoms. The summed E-state index contributed by atoms with van der Waals surface area (Å²) in [6, 6.07) is 14.1. The maximum Gasteiger partial charge on any atom is 0.257 e. The van der Waals surface area contributed by atoms with Crippen molar-refractivity contribution in [2.45, 2.75) is 0 Å². The first-order valence-corrected chi connectivity index (χ1v) is 8.42. The Hall–Kier alpha value is -3.87. The van der Waals surface area contributed by atoms with Crippen LogP contribution in [-0.2, 0) is 0 Å². The van der Waals surface area contributed by atoms with Crippen LogP contribution < -0.4 is 10.6 Å². The number of hydrogen-bond donors (Lipinski definition) is 2. The Morgan fingerprint density at radius 2 is 1.79 bits per heavy atom. The summed E-state index contributed by atoms with van der Waals surface area (Å²) in [4.78, 5) is 20.9. The van der Waals surface area contributed by atoms with Crippen molar-refractivity contribution in [2.24, 2.45) is 0 Å². The zero-order valence-corrected chi connectivity index (χ0v) is 14.5. The Balaban J connectivity index is 1.58. The van der Waals surface area contributed by atoms with Crippen LogP contribution in [0.2, 0.25) is 0 Å². The predicted molar refractivity (Wildman–Crippen MR) is 104 cm³/mol. The summed E-state index contributed by atoms with van der Waals surface area (Å²) in [5, 5.41) is 6.58. The Morgan fingerprint density at radius 3 is 2.64 bits per heavy atom. The lowest BCUT2D eigenvalue weighted by molar-refractivity contribution is 0.102. The van der Waals surface area contributed by atoms with Crippen molar-refractivity contribution in [1.29, 1.82) is 0 Å². The molecule has 2 aromatic carbocycles. The van der Waals surface area contributed by atoms with E-state index in [2.05, 4.69) is 20.6 Å². The van der Waals surface area contributed by atoms with E-state index in [1.165, 1.54) is 12.3 Å². The SMILES string of the molecule is O=C(Nc1ccc(F)cc1F)c1cncc(Nc2cccc3cccnc23)c1. The van der Waals surface area contributed by atoms with Crippen LogP contribution in [0.5, 0.6) is 0 Å². The van der Waals surface area contributed by atoms with Crippen molar-refractivity contribution in [2.75, 3.05) is 10.6 Å². The van der Waals surface area contributed by atoms with Crippen LogP contribution in [0.1, 0.15) is 10.4 Å². The summed E-state index contributed by atoms with van der Waals surface area (Å²) in [6.07, 6.45) is 4.63. The number of nitrogens with zero attached hydrogens (tertiary/aromatic N) is 2. The molecule has 1 amide bonds. The van der Waals surface area contributed by atoms with E-state index < -0.39 is 17.5 Å². The molecule has 2 heterocycles. The van der Waals surface area contributed by atoms with Gasteiger partial charge in [-0.3, -0.25) is 14.8 Å². The summed E-state index contributed by atoms with van der Waals surface area (Å²) in [7, 11) is 0. The Bertz CT molecular complexity index is 1170. The van der Waals surface area contributed by atoms with Gasteiger partial charge in [-0.25, -0.2) is 8.78 Å². The lowest BCUT2D eigenvalue weighted by Crippen LogP contribution is -2.13. The van der Waals surface area contributed by atoms with Gasteiger partial charge in [0, 0.05) is 23.8 Å². The first kappa shape index (κ1) is 17.5. The van der Waals surface area contributed by atoms with E-state index in [1.807, 2.05) is 30.3 Å². The van der Waals surface area contributed by atoms with E-state index in [0.29, 0.717) is 11.8 Å². The number of halogens is 2. The lowest BCUT2D eigenvalue weighted by atomic mass is 10.2. The predicted octanol–water partition coefficient (Wildman–Crippen LogP) is 4.90. The molecule has 0 aliphatic heterocycles. The molecule has 7 heteroatoms. The fraction of sp³-hybridized carbons (Fsp3) is 0. The number of amides is 1. The third kappa shape index (κ3) is 3.64. The number of carbonyl (C=O) groups excluding carboxylic acids is 1. The van der Waals surface area contributed by atoms with Gasteiger partial charge in [0.05, 0.1) is 34.3 Å². The maximum atomic E-state index is 13.8. The van der Waals surface area contributed by atoms with Gasteiger partial charge in [-0.05, 0) is 30.3 Å². The maximum absolute atomic E-state index is 13.8. The lowest BCUT2D eigenvalue weighted by Gasteiger charge is -2.10. The standard InChI is InChI=1S/C21H14F2N4O/c22-15-6-7-18(17(23)10-15)27-21(28)14-9-16(12-24-11-14)26-19-5-1-3-13-4-2-8-25-20(13)19/h1-12,26H,(H,27,28). The number of para-hydroxylation sites is 1. The van der Waals surface area contributed by atoms with E-state index in [4.69, 9.17) is 0 Å². The fourth-order valence-electron chi connectivity index (χ4n) is 2.78. The van der Waals surface area contributed by atoms with Gasteiger partial charge in [-0.1, -0.05) is 18.2 Å².